The number of carbonyl (C=O) groups is 4. The summed E-state index contributed by atoms with van der Waals surface area (Å²) in [7, 11) is 1.70. The minimum atomic E-state index is -0.726. The molecular formula is C29H40N4O5. The summed E-state index contributed by atoms with van der Waals surface area (Å²) in [6.07, 6.45) is 2.02. The monoisotopic (exact) mass is 524 g/mol. The summed E-state index contributed by atoms with van der Waals surface area (Å²) in [6.45, 7) is 8.97. The molecule has 38 heavy (non-hydrogen) atoms. The van der Waals surface area contributed by atoms with E-state index in [9.17, 15) is 19.2 Å². The largest absolute Gasteiger partial charge is 0.444 e. The number of anilines is 3. The van der Waals surface area contributed by atoms with E-state index >= 15 is 0 Å². The summed E-state index contributed by atoms with van der Waals surface area (Å²) in [5.41, 5.74) is 3.06. The van der Waals surface area contributed by atoms with Gasteiger partial charge in [0.2, 0.25) is 0 Å². The predicted molar refractivity (Wildman–Crippen MR) is 151 cm³/mol. The normalized spacial score (nSPS) is 11.3. The van der Waals surface area contributed by atoms with Crippen molar-refractivity contribution in [3.8, 4) is 0 Å². The van der Waals surface area contributed by atoms with Crippen molar-refractivity contribution < 1.29 is 23.9 Å². The fourth-order valence-corrected chi connectivity index (χ4v) is 3.98. The van der Waals surface area contributed by atoms with Crippen LogP contribution in [0.15, 0.2) is 48.5 Å². The average Bonchev–Trinajstić information content (AvgIpc) is 2.89. The van der Waals surface area contributed by atoms with Crippen molar-refractivity contribution >= 4 is 40.8 Å². The van der Waals surface area contributed by atoms with Gasteiger partial charge in [-0.25, -0.2) is 9.59 Å². The molecule has 0 bridgehead atoms. The Bertz CT molecular complexity index is 1080. The van der Waals surface area contributed by atoms with Crippen molar-refractivity contribution in [2.75, 3.05) is 35.3 Å². The van der Waals surface area contributed by atoms with Crippen LogP contribution in [0.1, 0.15) is 58.9 Å². The molecule has 0 aromatic heterocycles. The zero-order valence-electron chi connectivity index (χ0n) is 23.1. The SMILES string of the molecule is CCCN(CCC)c1ccccc1N(C)C(=O)OCc1ccc(NC(=O)NC(CCC(C)=O)C(C)=O)cc1. The van der Waals surface area contributed by atoms with E-state index in [0.717, 1.165) is 42.9 Å². The second-order valence-corrected chi connectivity index (χ2v) is 9.29. The Morgan fingerprint density at radius 2 is 1.50 bits per heavy atom. The van der Waals surface area contributed by atoms with Gasteiger partial charge in [-0.05, 0) is 62.9 Å². The highest BCUT2D eigenvalue weighted by Gasteiger charge is 2.19. The van der Waals surface area contributed by atoms with Gasteiger partial charge < -0.3 is 25.1 Å². The van der Waals surface area contributed by atoms with E-state index in [0.29, 0.717) is 5.69 Å². The van der Waals surface area contributed by atoms with Gasteiger partial charge >= 0.3 is 12.1 Å². The predicted octanol–water partition coefficient (Wildman–Crippen LogP) is 5.53. The lowest BCUT2D eigenvalue weighted by atomic mass is 10.1. The van der Waals surface area contributed by atoms with Crippen molar-refractivity contribution in [1.29, 1.82) is 0 Å². The number of urea groups is 1. The Morgan fingerprint density at radius 3 is 2.05 bits per heavy atom. The van der Waals surface area contributed by atoms with E-state index < -0.39 is 18.2 Å². The third-order valence-corrected chi connectivity index (χ3v) is 6.00. The molecule has 0 aliphatic heterocycles. The van der Waals surface area contributed by atoms with Gasteiger partial charge in [-0.1, -0.05) is 38.1 Å². The Hall–Kier alpha value is -3.88. The molecule has 2 rings (SSSR count). The number of para-hydroxylation sites is 2. The molecule has 206 valence electrons. The maximum absolute atomic E-state index is 12.8. The topological polar surface area (TPSA) is 108 Å². The number of benzene rings is 2. The maximum atomic E-state index is 12.8. The number of nitrogens with one attached hydrogen (secondary N) is 2. The smallest absolute Gasteiger partial charge is 0.414 e. The summed E-state index contributed by atoms with van der Waals surface area (Å²) >= 11 is 0. The summed E-state index contributed by atoms with van der Waals surface area (Å²) in [5.74, 6) is -0.255. The first-order valence-corrected chi connectivity index (χ1v) is 13.1. The molecule has 0 aliphatic carbocycles. The molecule has 2 aromatic carbocycles. The number of carbonyl (C=O) groups excluding carboxylic acids is 4. The minimum Gasteiger partial charge on any atom is -0.444 e. The number of amides is 3. The molecule has 3 amide bonds. The van der Waals surface area contributed by atoms with Crippen LogP contribution in [0.2, 0.25) is 0 Å². The van der Waals surface area contributed by atoms with Gasteiger partial charge in [0.1, 0.15) is 12.4 Å². The van der Waals surface area contributed by atoms with Crippen LogP contribution < -0.4 is 20.4 Å². The first-order valence-electron chi connectivity index (χ1n) is 13.1. The lowest BCUT2D eigenvalue weighted by molar-refractivity contribution is -0.119. The molecular weight excluding hydrogens is 484 g/mol. The molecule has 1 atom stereocenters. The second-order valence-electron chi connectivity index (χ2n) is 9.29. The summed E-state index contributed by atoms with van der Waals surface area (Å²) in [4.78, 5) is 51.9. The molecule has 9 nitrogen and oxygen atoms in total. The Morgan fingerprint density at radius 1 is 0.895 bits per heavy atom. The van der Waals surface area contributed by atoms with Gasteiger partial charge in [0, 0.05) is 32.2 Å². The van der Waals surface area contributed by atoms with E-state index in [1.54, 1.807) is 31.3 Å². The van der Waals surface area contributed by atoms with E-state index in [4.69, 9.17) is 4.74 Å². The maximum Gasteiger partial charge on any atom is 0.414 e. The van der Waals surface area contributed by atoms with Gasteiger partial charge in [0.25, 0.3) is 0 Å². The number of Topliss-reactive ketones (excluding diaryl/α,β-unsaturated/α-hetero) is 2. The molecule has 1 unspecified atom stereocenters. The standard InChI is InChI=1S/C29H40N4O5/c1-6-18-33(19-7-2)27-11-9-8-10-26(27)32(5)29(37)38-20-23-13-15-24(16-14-23)30-28(36)31-25(22(4)35)17-12-21(3)34/h8-11,13-16,25H,6-7,12,17-20H2,1-5H3,(H2,30,31,36). The van der Waals surface area contributed by atoms with E-state index in [-0.39, 0.29) is 31.0 Å². The molecule has 0 fully saturated rings. The fraction of sp³-hybridized carbons (Fsp3) is 0.448. The molecule has 0 aliphatic rings. The second kappa shape index (κ2) is 15.4. The van der Waals surface area contributed by atoms with Crippen LogP contribution in [0, 0.1) is 0 Å². The number of hydrogen-bond acceptors (Lipinski definition) is 6. The fourth-order valence-electron chi connectivity index (χ4n) is 3.98. The molecule has 0 heterocycles. The number of ether oxygens (including phenoxy) is 1. The lowest BCUT2D eigenvalue weighted by Gasteiger charge is -2.29. The molecule has 2 N–H and O–H groups in total. The van der Waals surface area contributed by atoms with Gasteiger partial charge in [0.05, 0.1) is 17.4 Å². The molecule has 2 aromatic rings. The highest BCUT2D eigenvalue weighted by atomic mass is 16.6. The van der Waals surface area contributed by atoms with Gasteiger partial charge in [-0.3, -0.25) is 9.69 Å². The molecule has 0 saturated heterocycles. The number of rotatable bonds is 14. The first-order chi connectivity index (χ1) is 18.2. The van der Waals surface area contributed by atoms with Crippen LogP contribution in [0.25, 0.3) is 0 Å². The highest BCUT2D eigenvalue weighted by Crippen LogP contribution is 2.29. The number of ketones is 2. The van der Waals surface area contributed by atoms with E-state index in [1.165, 1.54) is 18.7 Å². The zero-order chi connectivity index (χ0) is 28.1. The van der Waals surface area contributed by atoms with Gasteiger partial charge in [-0.15, -0.1) is 0 Å². The van der Waals surface area contributed by atoms with Crippen molar-refractivity contribution in [2.24, 2.45) is 0 Å². The minimum absolute atomic E-state index is 0.0416. The number of hydrogen-bond donors (Lipinski definition) is 2. The van der Waals surface area contributed by atoms with Crippen LogP contribution in [0.5, 0.6) is 0 Å². The Labute approximate surface area is 225 Å². The molecule has 0 saturated carbocycles. The first kappa shape index (κ1) is 30.3. The van der Waals surface area contributed by atoms with Crippen LogP contribution in [0.4, 0.5) is 26.7 Å². The summed E-state index contributed by atoms with van der Waals surface area (Å²) < 4.78 is 5.55. The van der Waals surface area contributed by atoms with Crippen LogP contribution in [0.3, 0.4) is 0 Å². The van der Waals surface area contributed by atoms with Crippen LogP contribution in [-0.2, 0) is 20.9 Å². The third kappa shape index (κ3) is 9.53. The molecule has 0 spiro atoms. The average molecular weight is 525 g/mol. The third-order valence-electron chi connectivity index (χ3n) is 6.00. The van der Waals surface area contributed by atoms with E-state index in [2.05, 4.69) is 29.4 Å². The van der Waals surface area contributed by atoms with Gasteiger partial charge in [0.15, 0.2) is 5.78 Å². The van der Waals surface area contributed by atoms with Crippen molar-refractivity contribution in [2.45, 2.75) is 66.0 Å². The van der Waals surface area contributed by atoms with E-state index in [1.807, 2.05) is 24.3 Å². The van der Waals surface area contributed by atoms with Gasteiger partial charge in [-0.2, -0.15) is 0 Å². The van der Waals surface area contributed by atoms with Crippen LogP contribution in [-0.4, -0.2) is 49.9 Å². The van der Waals surface area contributed by atoms with Crippen molar-refractivity contribution in [3.05, 3.63) is 54.1 Å². The number of nitrogens with zero attached hydrogens (tertiary/aromatic N) is 2. The van der Waals surface area contributed by atoms with Crippen molar-refractivity contribution in [3.63, 3.8) is 0 Å². The Balaban J connectivity index is 1.95. The molecule has 0 radical (unpaired) electrons. The zero-order valence-corrected chi connectivity index (χ0v) is 23.1. The lowest BCUT2D eigenvalue weighted by Crippen LogP contribution is -2.42. The Kier molecular flexibility index (Phi) is 12.3. The summed E-state index contributed by atoms with van der Waals surface area (Å²) in [5, 5.41) is 5.28. The van der Waals surface area contributed by atoms with Crippen LogP contribution >= 0.6 is 0 Å². The quantitative estimate of drug-likeness (QED) is 0.336. The molecule has 9 heteroatoms. The highest BCUT2D eigenvalue weighted by molar-refractivity contribution is 5.94. The van der Waals surface area contributed by atoms with Crippen molar-refractivity contribution in [1.82, 2.24) is 5.32 Å². The summed E-state index contributed by atoms with van der Waals surface area (Å²) in [6, 6.07) is 13.4.